The lowest BCUT2D eigenvalue weighted by Gasteiger charge is -2.01. The van der Waals surface area contributed by atoms with Crippen LogP contribution in [0, 0.1) is 11.3 Å². The molecule has 0 fully saturated rings. The first-order valence-corrected chi connectivity index (χ1v) is 7.15. The lowest BCUT2D eigenvalue weighted by atomic mass is 10.2. The average molecular weight is 336 g/mol. The van der Waals surface area contributed by atoms with Crippen LogP contribution in [0.1, 0.15) is 12.7 Å². The van der Waals surface area contributed by atoms with E-state index in [9.17, 15) is 4.79 Å². The van der Waals surface area contributed by atoms with Gasteiger partial charge in [-0.15, -0.1) is 0 Å². The molecule has 0 N–H and O–H groups in total. The molecule has 0 atom stereocenters. The van der Waals surface area contributed by atoms with Crippen LogP contribution >= 0.6 is 23.2 Å². The van der Waals surface area contributed by atoms with Gasteiger partial charge in [-0.25, -0.2) is 4.79 Å². The molecular formula is C16H11Cl2NO3. The number of furan rings is 1. The van der Waals surface area contributed by atoms with Crippen molar-refractivity contribution in [2.45, 2.75) is 6.92 Å². The normalized spacial score (nSPS) is 11.1. The first-order valence-electron chi connectivity index (χ1n) is 6.39. The number of rotatable bonds is 4. The van der Waals surface area contributed by atoms with Crippen molar-refractivity contribution in [2.24, 2.45) is 0 Å². The fraction of sp³-hybridized carbons (Fsp3) is 0.125. The van der Waals surface area contributed by atoms with Gasteiger partial charge in [0.2, 0.25) is 0 Å². The number of nitriles is 1. The summed E-state index contributed by atoms with van der Waals surface area (Å²) in [4.78, 5) is 11.6. The predicted molar refractivity (Wildman–Crippen MR) is 84.4 cm³/mol. The summed E-state index contributed by atoms with van der Waals surface area (Å²) >= 11 is 12.0. The molecule has 0 unspecified atom stereocenters. The van der Waals surface area contributed by atoms with Crippen molar-refractivity contribution in [3.05, 3.63) is 51.7 Å². The molecule has 1 aromatic heterocycles. The summed E-state index contributed by atoms with van der Waals surface area (Å²) in [6.45, 7) is 1.86. The highest BCUT2D eigenvalue weighted by molar-refractivity contribution is 6.35. The zero-order valence-electron chi connectivity index (χ0n) is 11.6. The van der Waals surface area contributed by atoms with Crippen LogP contribution in [0.3, 0.4) is 0 Å². The van der Waals surface area contributed by atoms with Crippen molar-refractivity contribution in [1.82, 2.24) is 0 Å². The van der Waals surface area contributed by atoms with Crippen LogP contribution < -0.4 is 0 Å². The molecule has 4 nitrogen and oxygen atoms in total. The Kier molecular flexibility index (Phi) is 5.26. The number of carbonyl (C=O) groups excluding carboxylic acids is 1. The van der Waals surface area contributed by atoms with E-state index in [1.54, 1.807) is 43.3 Å². The SMILES string of the molecule is CCOC(=O)/C(C#N)=C\c1ccc(-c2cc(Cl)ccc2Cl)o1. The highest BCUT2D eigenvalue weighted by Crippen LogP contribution is 2.32. The third-order valence-corrected chi connectivity index (χ3v) is 3.29. The first-order chi connectivity index (χ1) is 10.5. The minimum Gasteiger partial charge on any atom is -0.462 e. The van der Waals surface area contributed by atoms with Crippen molar-refractivity contribution in [3.8, 4) is 17.4 Å². The maximum atomic E-state index is 11.6. The van der Waals surface area contributed by atoms with E-state index in [0.29, 0.717) is 27.1 Å². The first kappa shape index (κ1) is 16.2. The van der Waals surface area contributed by atoms with Gasteiger partial charge in [0, 0.05) is 16.7 Å². The van der Waals surface area contributed by atoms with E-state index < -0.39 is 5.97 Å². The highest BCUT2D eigenvalue weighted by Gasteiger charge is 2.13. The van der Waals surface area contributed by atoms with E-state index in [1.165, 1.54) is 6.08 Å². The number of hydrogen-bond acceptors (Lipinski definition) is 4. The van der Waals surface area contributed by atoms with E-state index in [4.69, 9.17) is 37.6 Å². The number of benzene rings is 1. The Morgan fingerprint density at radius 3 is 2.82 bits per heavy atom. The van der Waals surface area contributed by atoms with Gasteiger partial charge < -0.3 is 9.15 Å². The van der Waals surface area contributed by atoms with Gasteiger partial charge in [0.15, 0.2) is 0 Å². The fourth-order valence-corrected chi connectivity index (χ4v) is 2.13. The third-order valence-electron chi connectivity index (χ3n) is 2.72. The molecule has 0 bridgehead atoms. The Bertz CT molecular complexity index is 772. The Hall–Kier alpha value is -2.22. The molecule has 1 heterocycles. The topological polar surface area (TPSA) is 63.2 Å². The smallest absolute Gasteiger partial charge is 0.349 e. The van der Waals surface area contributed by atoms with Gasteiger partial charge in [-0.3, -0.25) is 0 Å². The second-order valence-electron chi connectivity index (χ2n) is 4.22. The van der Waals surface area contributed by atoms with Gasteiger partial charge in [0.25, 0.3) is 0 Å². The van der Waals surface area contributed by atoms with Crippen LogP contribution in [-0.4, -0.2) is 12.6 Å². The van der Waals surface area contributed by atoms with Crippen LogP contribution in [0.2, 0.25) is 10.0 Å². The minimum absolute atomic E-state index is 0.139. The molecule has 6 heteroatoms. The molecule has 0 saturated carbocycles. The van der Waals surface area contributed by atoms with E-state index in [2.05, 4.69) is 0 Å². The molecule has 112 valence electrons. The number of ether oxygens (including phenoxy) is 1. The summed E-state index contributed by atoms with van der Waals surface area (Å²) < 4.78 is 10.4. The predicted octanol–water partition coefficient (Wildman–Crippen LogP) is 4.72. The molecule has 0 aliphatic carbocycles. The van der Waals surface area contributed by atoms with Gasteiger partial charge in [0.1, 0.15) is 23.2 Å². The van der Waals surface area contributed by atoms with Crippen molar-refractivity contribution in [3.63, 3.8) is 0 Å². The Morgan fingerprint density at radius 2 is 2.14 bits per heavy atom. The maximum absolute atomic E-state index is 11.6. The summed E-state index contributed by atoms with van der Waals surface area (Å²) in [7, 11) is 0. The number of esters is 1. The van der Waals surface area contributed by atoms with Crippen LogP contribution in [0.15, 0.2) is 40.3 Å². The van der Waals surface area contributed by atoms with Crippen molar-refractivity contribution < 1.29 is 13.9 Å². The zero-order valence-corrected chi connectivity index (χ0v) is 13.1. The van der Waals surface area contributed by atoms with E-state index in [-0.39, 0.29) is 12.2 Å². The number of halogens is 2. The molecule has 0 aliphatic heterocycles. The monoisotopic (exact) mass is 335 g/mol. The van der Waals surface area contributed by atoms with Gasteiger partial charge in [-0.2, -0.15) is 5.26 Å². The summed E-state index contributed by atoms with van der Waals surface area (Å²) in [5.41, 5.74) is 0.489. The second-order valence-corrected chi connectivity index (χ2v) is 5.06. The molecule has 2 rings (SSSR count). The molecule has 0 aliphatic rings. The standard InChI is InChI=1S/C16H11Cl2NO3/c1-2-21-16(20)10(9-19)7-12-4-6-15(22-12)13-8-11(17)3-5-14(13)18/h3-8H,2H2,1H3/b10-7-. The highest BCUT2D eigenvalue weighted by atomic mass is 35.5. The molecule has 1 aromatic carbocycles. The molecule has 0 amide bonds. The average Bonchev–Trinajstić information content (AvgIpc) is 2.96. The summed E-state index contributed by atoms with van der Waals surface area (Å²) in [5, 5.41) is 10.0. The van der Waals surface area contributed by atoms with Gasteiger partial charge in [-0.1, -0.05) is 23.2 Å². The number of nitrogens with zero attached hydrogens (tertiary/aromatic N) is 1. The molecule has 0 saturated heterocycles. The number of hydrogen-bond donors (Lipinski definition) is 0. The van der Waals surface area contributed by atoms with E-state index in [1.807, 2.05) is 0 Å². The van der Waals surface area contributed by atoms with Crippen LogP contribution in [0.4, 0.5) is 0 Å². The molecule has 22 heavy (non-hydrogen) atoms. The van der Waals surface area contributed by atoms with Crippen LogP contribution in [-0.2, 0) is 9.53 Å². The van der Waals surface area contributed by atoms with Crippen molar-refractivity contribution in [1.29, 1.82) is 5.26 Å². The molecule has 2 aromatic rings. The van der Waals surface area contributed by atoms with Crippen molar-refractivity contribution in [2.75, 3.05) is 6.61 Å². The second kappa shape index (κ2) is 7.17. The maximum Gasteiger partial charge on any atom is 0.349 e. The quantitative estimate of drug-likeness (QED) is 0.460. The lowest BCUT2D eigenvalue weighted by Crippen LogP contribution is -2.05. The Labute approximate surface area is 137 Å². The fourth-order valence-electron chi connectivity index (χ4n) is 1.75. The number of carbonyl (C=O) groups is 1. The minimum atomic E-state index is -0.691. The Balaban J connectivity index is 2.34. The van der Waals surface area contributed by atoms with E-state index in [0.717, 1.165) is 0 Å². The molecule has 0 radical (unpaired) electrons. The van der Waals surface area contributed by atoms with Gasteiger partial charge in [0.05, 0.1) is 11.6 Å². The Morgan fingerprint density at radius 1 is 1.36 bits per heavy atom. The molecular weight excluding hydrogens is 325 g/mol. The summed E-state index contributed by atoms with van der Waals surface area (Å²) in [6, 6.07) is 10.1. The van der Waals surface area contributed by atoms with Crippen LogP contribution in [0.25, 0.3) is 17.4 Å². The van der Waals surface area contributed by atoms with Gasteiger partial charge in [-0.05, 0) is 37.3 Å². The van der Waals surface area contributed by atoms with Gasteiger partial charge >= 0.3 is 5.97 Å². The largest absolute Gasteiger partial charge is 0.462 e. The summed E-state index contributed by atoms with van der Waals surface area (Å²) in [5.74, 6) is 0.138. The molecule has 0 spiro atoms. The van der Waals surface area contributed by atoms with Crippen LogP contribution in [0.5, 0.6) is 0 Å². The zero-order chi connectivity index (χ0) is 16.1. The van der Waals surface area contributed by atoms with E-state index >= 15 is 0 Å². The summed E-state index contributed by atoms with van der Waals surface area (Å²) in [6.07, 6.45) is 1.32. The third kappa shape index (κ3) is 3.70. The van der Waals surface area contributed by atoms with Crippen molar-refractivity contribution >= 4 is 35.2 Å². The lowest BCUT2D eigenvalue weighted by molar-refractivity contribution is -0.137.